The van der Waals surface area contributed by atoms with Crippen LogP contribution in [0.4, 0.5) is 0 Å². The lowest BCUT2D eigenvalue weighted by molar-refractivity contribution is 0.476. The van der Waals surface area contributed by atoms with Crippen LogP contribution >= 0.6 is 11.6 Å². The van der Waals surface area contributed by atoms with Gasteiger partial charge in [0.1, 0.15) is 5.75 Å². The molecule has 0 fully saturated rings. The van der Waals surface area contributed by atoms with Gasteiger partial charge in [-0.1, -0.05) is 60.1 Å². The molecule has 2 heteroatoms. The summed E-state index contributed by atoms with van der Waals surface area (Å²) in [5, 5.41) is 12.3. The fraction of sp³-hybridized carbons (Fsp3) is 0. The minimum atomic E-state index is 0.281. The van der Waals surface area contributed by atoms with Crippen LogP contribution in [0, 0.1) is 0 Å². The third-order valence-electron chi connectivity index (χ3n) is 3.19. The molecule has 0 heterocycles. The van der Waals surface area contributed by atoms with E-state index in [0.717, 1.165) is 21.9 Å². The largest absolute Gasteiger partial charge is 0.508 e. The topological polar surface area (TPSA) is 20.2 Å². The van der Waals surface area contributed by atoms with Crippen LogP contribution in [-0.4, -0.2) is 5.11 Å². The number of hydrogen-bond acceptors (Lipinski definition) is 1. The van der Waals surface area contributed by atoms with Crippen LogP contribution in [0.2, 0.25) is 0 Å². The lowest BCUT2D eigenvalue weighted by Gasteiger charge is -2.03. The number of halogens is 1. The van der Waals surface area contributed by atoms with Crippen molar-refractivity contribution >= 4 is 33.5 Å². The molecule has 0 amide bonds. The fourth-order valence-corrected chi connectivity index (χ4v) is 2.42. The van der Waals surface area contributed by atoms with Crippen LogP contribution in [-0.2, 0) is 0 Å². The van der Waals surface area contributed by atoms with Crippen LogP contribution in [0.3, 0.4) is 0 Å². The molecule has 98 valence electrons. The standard InChI is InChI=1S/C18H13ClO/c19-18(14-4-2-1-3-5-14)11-13-6-7-16-12-17(20)9-8-15(16)10-13/h1-12,20H. The zero-order valence-electron chi connectivity index (χ0n) is 10.8. The quantitative estimate of drug-likeness (QED) is 0.633. The summed E-state index contributed by atoms with van der Waals surface area (Å²) in [6.07, 6.45) is 1.95. The molecule has 0 saturated carbocycles. The summed E-state index contributed by atoms with van der Waals surface area (Å²) in [7, 11) is 0. The first-order chi connectivity index (χ1) is 9.72. The molecule has 0 bridgehead atoms. The monoisotopic (exact) mass is 280 g/mol. The van der Waals surface area contributed by atoms with E-state index in [-0.39, 0.29) is 5.75 Å². The molecule has 0 radical (unpaired) electrons. The molecule has 0 saturated heterocycles. The van der Waals surface area contributed by atoms with E-state index >= 15 is 0 Å². The van der Waals surface area contributed by atoms with Crippen LogP contribution < -0.4 is 0 Å². The van der Waals surface area contributed by atoms with Crippen molar-refractivity contribution in [3.8, 4) is 5.75 Å². The summed E-state index contributed by atoms with van der Waals surface area (Å²) >= 11 is 6.34. The second-order valence-corrected chi connectivity index (χ2v) is 5.06. The van der Waals surface area contributed by atoms with Crippen molar-refractivity contribution in [3.63, 3.8) is 0 Å². The van der Waals surface area contributed by atoms with Crippen molar-refractivity contribution in [1.29, 1.82) is 0 Å². The number of phenols is 1. The minimum absolute atomic E-state index is 0.281. The average Bonchev–Trinajstić information content (AvgIpc) is 2.48. The highest BCUT2D eigenvalue weighted by molar-refractivity contribution is 6.51. The Balaban J connectivity index is 2.01. The van der Waals surface area contributed by atoms with Crippen molar-refractivity contribution < 1.29 is 5.11 Å². The van der Waals surface area contributed by atoms with E-state index in [1.54, 1.807) is 12.1 Å². The molecule has 1 N–H and O–H groups in total. The van der Waals surface area contributed by atoms with Crippen LogP contribution in [0.5, 0.6) is 5.75 Å². The summed E-state index contributed by atoms with van der Waals surface area (Å²) in [6.45, 7) is 0. The van der Waals surface area contributed by atoms with E-state index in [1.807, 2.05) is 54.6 Å². The fourth-order valence-electron chi connectivity index (χ4n) is 2.17. The van der Waals surface area contributed by atoms with E-state index in [0.29, 0.717) is 5.03 Å². The van der Waals surface area contributed by atoms with Gasteiger partial charge in [-0.05, 0) is 46.2 Å². The number of aromatic hydroxyl groups is 1. The number of fused-ring (bicyclic) bond motifs is 1. The van der Waals surface area contributed by atoms with Crippen molar-refractivity contribution in [2.75, 3.05) is 0 Å². The molecule has 0 atom stereocenters. The lowest BCUT2D eigenvalue weighted by atomic mass is 10.1. The van der Waals surface area contributed by atoms with Crippen LogP contribution in [0.25, 0.3) is 21.9 Å². The SMILES string of the molecule is Oc1ccc2cc(C=C(Cl)c3ccccc3)ccc2c1. The Hall–Kier alpha value is -2.25. The molecule has 3 rings (SSSR count). The average molecular weight is 281 g/mol. The Morgan fingerprint density at radius 1 is 0.850 bits per heavy atom. The zero-order chi connectivity index (χ0) is 13.9. The molecule has 3 aromatic carbocycles. The third-order valence-corrected chi connectivity index (χ3v) is 3.52. The Labute approximate surface area is 122 Å². The predicted octanol–water partition coefficient (Wildman–Crippen LogP) is 5.28. The summed E-state index contributed by atoms with van der Waals surface area (Å²) in [5.41, 5.74) is 2.04. The second kappa shape index (κ2) is 5.40. The van der Waals surface area contributed by atoms with Gasteiger partial charge in [0.05, 0.1) is 0 Å². The predicted molar refractivity (Wildman–Crippen MR) is 85.8 cm³/mol. The van der Waals surface area contributed by atoms with Gasteiger partial charge >= 0.3 is 0 Å². The van der Waals surface area contributed by atoms with Gasteiger partial charge in [-0.2, -0.15) is 0 Å². The van der Waals surface area contributed by atoms with E-state index in [1.165, 1.54) is 0 Å². The van der Waals surface area contributed by atoms with E-state index in [4.69, 9.17) is 11.6 Å². The smallest absolute Gasteiger partial charge is 0.116 e. The minimum Gasteiger partial charge on any atom is -0.508 e. The van der Waals surface area contributed by atoms with Gasteiger partial charge < -0.3 is 5.11 Å². The lowest BCUT2D eigenvalue weighted by Crippen LogP contribution is -1.79. The van der Waals surface area contributed by atoms with Gasteiger partial charge in [-0.3, -0.25) is 0 Å². The van der Waals surface area contributed by atoms with Gasteiger partial charge in [-0.25, -0.2) is 0 Å². The Morgan fingerprint density at radius 2 is 1.55 bits per heavy atom. The zero-order valence-corrected chi connectivity index (χ0v) is 11.5. The Kier molecular flexibility index (Phi) is 3.44. The maximum absolute atomic E-state index is 9.46. The van der Waals surface area contributed by atoms with E-state index < -0.39 is 0 Å². The molecule has 3 aromatic rings. The first-order valence-corrected chi connectivity index (χ1v) is 6.75. The van der Waals surface area contributed by atoms with Crippen molar-refractivity contribution in [2.24, 2.45) is 0 Å². The van der Waals surface area contributed by atoms with Crippen LogP contribution in [0.15, 0.2) is 66.7 Å². The Bertz CT molecular complexity index is 776. The normalized spacial score (nSPS) is 11.8. The van der Waals surface area contributed by atoms with Crippen molar-refractivity contribution in [2.45, 2.75) is 0 Å². The molecule has 0 aromatic heterocycles. The maximum Gasteiger partial charge on any atom is 0.116 e. The molecule has 20 heavy (non-hydrogen) atoms. The first-order valence-electron chi connectivity index (χ1n) is 6.38. The van der Waals surface area contributed by atoms with E-state index in [9.17, 15) is 5.11 Å². The highest BCUT2D eigenvalue weighted by Gasteiger charge is 2.00. The summed E-state index contributed by atoms with van der Waals surface area (Å²) < 4.78 is 0. The Morgan fingerprint density at radius 3 is 2.35 bits per heavy atom. The van der Waals surface area contributed by atoms with Crippen molar-refractivity contribution in [3.05, 3.63) is 77.9 Å². The summed E-state index contributed by atoms with van der Waals surface area (Å²) in [4.78, 5) is 0. The highest BCUT2D eigenvalue weighted by Crippen LogP contribution is 2.25. The third kappa shape index (κ3) is 2.68. The number of rotatable bonds is 2. The molecule has 0 aliphatic rings. The second-order valence-electron chi connectivity index (χ2n) is 4.65. The number of phenolic OH excluding ortho intramolecular Hbond substituents is 1. The molecule has 0 aliphatic carbocycles. The molecule has 0 unspecified atom stereocenters. The highest BCUT2D eigenvalue weighted by atomic mass is 35.5. The summed E-state index contributed by atoms with van der Waals surface area (Å²) in [5.74, 6) is 0.281. The van der Waals surface area contributed by atoms with Crippen molar-refractivity contribution in [1.82, 2.24) is 0 Å². The number of hydrogen-bond donors (Lipinski definition) is 1. The van der Waals surface area contributed by atoms with Gasteiger partial charge in [0.25, 0.3) is 0 Å². The molecule has 0 aliphatic heterocycles. The van der Waals surface area contributed by atoms with Gasteiger partial charge in [-0.15, -0.1) is 0 Å². The molecular formula is C18H13ClO. The summed E-state index contributed by atoms with van der Waals surface area (Å²) in [6, 6.07) is 21.2. The number of benzene rings is 3. The van der Waals surface area contributed by atoms with E-state index in [2.05, 4.69) is 6.07 Å². The van der Waals surface area contributed by atoms with Crippen LogP contribution in [0.1, 0.15) is 11.1 Å². The molecular weight excluding hydrogens is 268 g/mol. The maximum atomic E-state index is 9.46. The van der Waals surface area contributed by atoms with Gasteiger partial charge in [0.15, 0.2) is 0 Å². The molecule has 0 spiro atoms. The van der Waals surface area contributed by atoms with Gasteiger partial charge in [0, 0.05) is 5.03 Å². The van der Waals surface area contributed by atoms with Gasteiger partial charge in [0.2, 0.25) is 0 Å². The first kappa shape index (κ1) is 12.8. The molecule has 1 nitrogen and oxygen atoms in total.